The Bertz CT molecular complexity index is 403. The number of methoxy groups -OCH3 is 1. The van der Waals surface area contributed by atoms with Crippen LogP contribution in [0.1, 0.15) is 25.8 Å². The van der Waals surface area contributed by atoms with Crippen molar-refractivity contribution >= 4 is 5.69 Å². The molecule has 3 heteroatoms. The summed E-state index contributed by atoms with van der Waals surface area (Å²) in [6.45, 7) is 5.59. The predicted molar refractivity (Wildman–Crippen MR) is 76.6 cm³/mol. The van der Waals surface area contributed by atoms with E-state index < -0.39 is 0 Å². The van der Waals surface area contributed by atoms with E-state index >= 15 is 0 Å². The zero-order chi connectivity index (χ0) is 13.1. The minimum absolute atomic E-state index is 0.528. The lowest BCUT2D eigenvalue weighted by atomic mass is 10.1. The summed E-state index contributed by atoms with van der Waals surface area (Å²) in [7, 11) is 3.78. The number of nitrogens with zero attached hydrogens (tertiary/aromatic N) is 1. The van der Waals surface area contributed by atoms with Crippen molar-refractivity contribution in [3.05, 3.63) is 23.8 Å². The monoisotopic (exact) mass is 248 g/mol. The van der Waals surface area contributed by atoms with Gasteiger partial charge in [0.15, 0.2) is 0 Å². The molecular formula is C15H24N2O. The quantitative estimate of drug-likeness (QED) is 0.866. The molecule has 0 amide bonds. The first-order chi connectivity index (χ1) is 8.69. The fourth-order valence-corrected chi connectivity index (χ4v) is 2.97. The molecule has 1 aromatic rings. The Morgan fingerprint density at radius 2 is 2.22 bits per heavy atom. The van der Waals surface area contributed by atoms with Crippen molar-refractivity contribution in [3.8, 4) is 5.75 Å². The van der Waals surface area contributed by atoms with Gasteiger partial charge in [0.1, 0.15) is 5.75 Å². The average Bonchev–Trinajstić information content (AvgIpc) is 2.74. The largest absolute Gasteiger partial charge is 0.496 e. The number of hydrogen-bond acceptors (Lipinski definition) is 3. The summed E-state index contributed by atoms with van der Waals surface area (Å²) in [4.78, 5) is 2.54. The van der Waals surface area contributed by atoms with Crippen LogP contribution < -0.4 is 15.0 Å². The number of ether oxygens (including phenoxy) is 1. The smallest absolute Gasteiger partial charge is 0.124 e. The van der Waals surface area contributed by atoms with Crippen molar-refractivity contribution in [2.24, 2.45) is 0 Å². The van der Waals surface area contributed by atoms with Crippen molar-refractivity contribution in [1.82, 2.24) is 5.32 Å². The Balaban J connectivity index is 2.30. The molecule has 1 atom stereocenters. The summed E-state index contributed by atoms with van der Waals surface area (Å²) < 4.78 is 5.50. The molecule has 0 radical (unpaired) electrons. The predicted octanol–water partition coefficient (Wildman–Crippen LogP) is 2.44. The lowest BCUT2D eigenvalue weighted by Gasteiger charge is -2.31. The maximum absolute atomic E-state index is 5.50. The molecule has 0 fully saturated rings. The number of nitrogens with one attached hydrogen (secondary N) is 1. The van der Waals surface area contributed by atoms with E-state index in [-0.39, 0.29) is 0 Å². The second-order valence-electron chi connectivity index (χ2n) is 5.21. The maximum Gasteiger partial charge on any atom is 0.124 e. The molecular weight excluding hydrogens is 224 g/mol. The normalized spacial score (nSPS) is 18.3. The highest BCUT2D eigenvalue weighted by Crippen LogP contribution is 2.40. The fourth-order valence-electron chi connectivity index (χ4n) is 2.97. The molecule has 0 bridgehead atoms. The summed E-state index contributed by atoms with van der Waals surface area (Å²) >= 11 is 0. The summed E-state index contributed by atoms with van der Waals surface area (Å²) in [5, 5.41) is 3.25. The summed E-state index contributed by atoms with van der Waals surface area (Å²) in [5.74, 6) is 1.03. The van der Waals surface area contributed by atoms with Gasteiger partial charge in [0, 0.05) is 23.3 Å². The topological polar surface area (TPSA) is 24.5 Å². The van der Waals surface area contributed by atoms with Crippen molar-refractivity contribution in [2.45, 2.75) is 38.8 Å². The fraction of sp³-hybridized carbons (Fsp3) is 0.600. The molecule has 1 aliphatic rings. The minimum Gasteiger partial charge on any atom is -0.496 e. The van der Waals surface area contributed by atoms with Gasteiger partial charge in [0.05, 0.1) is 7.11 Å². The highest BCUT2D eigenvalue weighted by molar-refractivity contribution is 5.65. The molecule has 1 heterocycles. The van der Waals surface area contributed by atoms with Crippen molar-refractivity contribution in [3.63, 3.8) is 0 Å². The Labute approximate surface area is 110 Å². The second kappa shape index (κ2) is 5.61. The molecule has 0 spiro atoms. The highest BCUT2D eigenvalue weighted by Gasteiger charge is 2.32. The zero-order valence-electron chi connectivity index (χ0n) is 11.9. The maximum atomic E-state index is 5.50. The van der Waals surface area contributed by atoms with Crippen molar-refractivity contribution in [1.29, 1.82) is 0 Å². The van der Waals surface area contributed by atoms with Crippen LogP contribution in [0.4, 0.5) is 5.69 Å². The zero-order valence-corrected chi connectivity index (χ0v) is 11.9. The Morgan fingerprint density at radius 1 is 1.44 bits per heavy atom. The van der Waals surface area contributed by atoms with E-state index in [9.17, 15) is 0 Å². The second-order valence-corrected chi connectivity index (χ2v) is 5.21. The third kappa shape index (κ3) is 2.32. The van der Waals surface area contributed by atoms with Crippen molar-refractivity contribution in [2.75, 3.05) is 25.6 Å². The van der Waals surface area contributed by atoms with Gasteiger partial charge >= 0.3 is 0 Å². The van der Waals surface area contributed by atoms with Crippen LogP contribution in [0.25, 0.3) is 0 Å². The lowest BCUT2D eigenvalue weighted by Crippen LogP contribution is -2.39. The van der Waals surface area contributed by atoms with Crippen LogP contribution in [0.2, 0.25) is 0 Å². The lowest BCUT2D eigenvalue weighted by molar-refractivity contribution is 0.409. The number of rotatable bonds is 5. The van der Waals surface area contributed by atoms with Crippen LogP contribution in [0, 0.1) is 0 Å². The summed E-state index contributed by atoms with van der Waals surface area (Å²) in [6.07, 6.45) is 2.27. The first kappa shape index (κ1) is 13.2. The van der Waals surface area contributed by atoms with Gasteiger partial charge in [0.2, 0.25) is 0 Å². The molecule has 100 valence electrons. The molecule has 1 N–H and O–H groups in total. The first-order valence-corrected chi connectivity index (χ1v) is 6.77. The molecule has 0 saturated carbocycles. The average molecular weight is 248 g/mol. The highest BCUT2D eigenvalue weighted by atomic mass is 16.5. The SMILES string of the molecule is CNCCC1Cc2c(OC)cccc2N1C(C)C. The van der Waals surface area contributed by atoms with Gasteiger partial charge in [-0.15, -0.1) is 0 Å². The molecule has 0 aromatic heterocycles. The Hall–Kier alpha value is -1.22. The summed E-state index contributed by atoms with van der Waals surface area (Å²) in [6, 6.07) is 7.49. The van der Waals surface area contributed by atoms with E-state index in [0.29, 0.717) is 12.1 Å². The van der Waals surface area contributed by atoms with Gasteiger partial charge in [-0.05, 0) is 52.4 Å². The third-order valence-corrected chi connectivity index (χ3v) is 3.72. The number of fused-ring (bicyclic) bond motifs is 1. The molecule has 0 saturated heterocycles. The van der Waals surface area contributed by atoms with E-state index in [4.69, 9.17) is 4.74 Å². The van der Waals surface area contributed by atoms with Crippen LogP contribution in [0.3, 0.4) is 0 Å². The third-order valence-electron chi connectivity index (χ3n) is 3.72. The molecule has 3 nitrogen and oxygen atoms in total. The number of anilines is 1. The van der Waals surface area contributed by atoms with Crippen LogP contribution in [-0.4, -0.2) is 32.8 Å². The van der Waals surface area contributed by atoms with Crippen molar-refractivity contribution < 1.29 is 4.74 Å². The van der Waals surface area contributed by atoms with Crippen LogP contribution in [-0.2, 0) is 6.42 Å². The molecule has 1 aliphatic heterocycles. The molecule has 18 heavy (non-hydrogen) atoms. The van der Waals surface area contributed by atoms with Gasteiger partial charge in [0.25, 0.3) is 0 Å². The van der Waals surface area contributed by atoms with Gasteiger partial charge < -0.3 is 15.0 Å². The summed E-state index contributed by atoms with van der Waals surface area (Å²) in [5.41, 5.74) is 2.72. The van der Waals surface area contributed by atoms with Gasteiger partial charge in [-0.25, -0.2) is 0 Å². The van der Waals surface area contributed by atoms with Gasteiger partial charge in [-0.2, -0.15) is 0 Å². The standard InChI is InChI=1S/C15H24N2O/c1-11(2)17-12(8-9-16-3)10-13-14(17)6-5-7-15(13)18-4/h5-7,11-12,16H,8-10H2,1-4H3. The van der Waals surface area contributed by atoms with Crippen LogP contribution in [0.15, 0.2) is 18.2 Å². The molecule has 1 unspecified atom stereocenters. The van der Waals surface area contributed by atoms with Crippen LogP contribution >= 0.6 is 0 Å². The minimum atomic E-state index is 0.528. The van der Waals surface area contributed by atoms with Crippen LogP contribution in [0.5, 0.6) is 5.75 Å². The molecule has 2 rings (SSSR count). The van der Waals surface area contributed by atoms with E-state index in [1.54, 1.807) is 7.11 Å². The first-order valence-electron chi connectivity index (χ1n) is 6.77. The van der Waals surface area contributed by atoms with Gasteiger partial charge in [-0.3, -0.25) is 0 Å². The molecule has 0 aliphatic carbocycles. The Morgan fingerprint density at radius 3 is 2.83 bits per heavy atom. The van der Waals surface area contributed by atoms with E-state index in [1.807, 2.05) is 7.05 Å². The Kier molecular flexibility index (Phi) is 4.12. The van der Waals surface area contributed by atoms with E-state index in [1.165, 1.54) is 17.7 Å². The molecule has 1 aromatic carbocycles. The number of hydrogen-bond donors (Lipinski definition) is 1. The number of benzene rings is 1. The van der Waals surface area contributed by atoms with E-state index in [2.05, 4.69) is 42.3 Å². The van der Waals surface area contributed by atoms with Gasteiger partial charge in [-0.1, -0.05) is 6.07 Å². The van der Waals surface area contributed by atoms with E-state index in [0.717, 1.165) is 18.7 Å².